The fraction of sp³-hybridized carbons (Fsp3) is 0.143. The first-order valence-electron chi connectivity index (χ1n) is 5.75. The molecule has 0 radical (unpaired) electrons. The van der Waals surface area contributed by atoms with Crippen LogP contribution in [0.4, 0.5) is 5.69 Å². The fourth-order valence-corrected chi connectivity index (χ4v) is 1.57. The average molecular weight is 314 g/mol. The van der Waals surface area contributed by atoms with Crippen LogP contribution in [0.5, 0.6) is 0 Å². The van der Waals surface area contributed by atoms with E-state index < -0.39 is 0 Å². The molecular weight excluding hydrogens is 297 g/mol. The van der Waals surface area contributed by atoms with Crippen LogP contribution in [0.3, 0.4) is 0 Å². The van der Waals surface area contributed by atoms with Crippen LogP contribution in [-0.2, 0) is 0 Å². The number of amides is 1. The molecule has 3 N–H and O–H groups in total. The first-order chi connectivity index (χ1) is 8.66. The van der Waals surface area contributed by atoms with Gasteiger partial charge in [0.2, 0.25) is 0 Å². The lowest BCUT2D eigenvalue weighted by molar-refractivity contribution is 0.102. The van der Waals surface area contributed by atoms with Crippen LogP contribution < -0.4 is 11.1 Å². The number of carbonyl (C=O) groups is 1. The van der Waals surface area contributed by atoms with E-state index in [-0.39, 0.29) is 36.8 Å². The molecule has 0 saturated heterocycles. The van der Waals surface area contributed by atoms with E-state index in [2.05, 4.69) is 10.3 Å². The largest absolute Gasteiger partial charge is 0.323 e. The first kappa shape index (κ1) is 18.4. The summed E-state index contributed by atoms with van der Waals surface area (Å²) in [5.41, 5.74) is 7.82. The van der Waals surface area contributed by atoms with Crippen molar-refractivity contribution in [3.63, 3.8) is 0 Å². The van der Waals surface area contributed by atoms with Gasteiger partial charge in [-0.2, -0.15) is 0 Å². The molecule has 1 aromatic heterocycles. The number of nitrogens with two attached hydrogens (primary N) is 1. The Morgan fingerprint density at radius 1 is 1.20 bits per heavy atom. The molecule has 0 fully saturated rings. The number of halogens is 2. The van der Waals surface area contributed by atoms with Crippen molar-refractivity contribution in [3.05, 3.63) is 59.9 Å². The van der Waals surface area contributed by atoms with Gasteiger partial charge in [0.25, 0.3) is 5.91 Å². The van der Waals surface area contributed by atoms with Gasteiger partial charge in [0.15, 0.2) is 0 Å². The number of rotatable bonds is 3. The van der Waals surface area contributed by atoms with Gasteiger partial charge >= 0.3 is 0 Å². The van der Waals surface area contributed by atoms with Gasteiger partial charge in [-0.05, 0) is 31.2 Å². The summed E-state index contributed by atoms with van der Waals surface area (Å²) in [7, 11) is 0. The van der Waals surface area contributed by atoms with Crippen molar-refractivity contribution >= 4 is 36.4 Å². The minimum atomic E-state index is -0.154. The van der Waals surface area contributed by atoms with E-state index in [9.17, 15) is 4.79 Å². The molecule has 1 atom stereocenters. The molecule has 0 saturated carbocycles. The van der Waals surface area contributed by atoms with Gasteiger partial charge in [-0.3, -0.25) is 9.78 Å². The molecule has 1 heterocycles. The maximum atomic E-state index is 11.9. The molecule has 2 rings (SSSR count). The van der Waals surface area contributed by atoms with Gasteiger partial charge in [-0.1, -0.05) is 18.2 Å². The van der Waals surface area contributed by atoms with Crippen LogP contribution in [0.1, 0.15) is 29.0 Å². The molecule has 4 nitrogen and oxygen atoms in total. The number of anilines is 1. The number of nitrogens with zero attached hydrogens (tertiary/aromatic N) is 1. The normalized spacial score (nSPS) is 10.7. The van der Waals surface area contributed by atoms with Crippen molar-refractivity contribution in [3.8, 4) is 0 Å². The third kappa shape index (κ3) is 4.81. The first-order valence-corrected chi connectivity index (χ1v) is 5.75. The standard InChI is InChI=1S/C14H15N3O.2ClH/c1-10(15)13-9-12(7-8-16-13)17-14(18)11-5-3-2-4-6-11;;/h2-10H,15H2,1H3,(H,16,17,18);2*1H/t10-;;/m1../s1. The molecule has 0 unspecified atom stereocenters. The van der Waals surface area contributed by atoms with Crippen molar-refractivity contribution < 1.29 is 4.79 Å². The van der Waals surface area contributed by atoms with E-state index in [1.807, 2.05) is 25.1 Å². The van der Waals surface area contributed by atoms with Gasteiger partial charge in [0.05, 0.1) is 5.69 Å². The Balaban J connectivity index is 0.00000180. The molecule has 108 valence electrons. The number of nitrogens with one attached hydrogen (secondary N) is 1. The van der Waals surface area contributed by atoms with E-state index in [0.717, 1.165) is 5.69 Å². The van der Waals surface area contributed by atoms with E-state index in [1.165, 1.54) is 0 Å². The molecule has 2 aromatic rings. The van der Waals surface area contributed by atoms with Crippen LogP contribution in [0.25, 0.3) is 0 Å². The van der Waals surface area contributed by atoms with Crippen LogP contribution in [0.15, 0.2) is 48.7 Å². The highest BCUT2D eigenvalue weighted by Crippen LogP contribution is 2.13. The molecule has 0 bridgehead atoms. The van der Waals surface area contributed by atoms with Crippen molar-refractivity contribution in [1.29, 1.82) is 0 Å². The number of benzene rings is 1. The minimum absolute atomic E-state index is 0. The molecule has 1 amide bonds. The lowest BCUT2D eigenvalue weighted by Gasteiger charge is -2.08. The molecular formula is C14H17Cl2N3O. The Bertz CT molecular complexity index is 547. The predicted octanol–water partition coefficient (Wildman–Crippen LogP) is 3.20. The van der Waals surface area contributed by atoms with E-state index >= 15 is 0 Å². The lowest BCUT2D eigenvalue weighted by atomic mass is 10.2. The summed E-state index contributed by atoms with van der Waals surface area (Å²) in [5.74, 6) is -0.141. The van der Waals surface area contributed by atoms with Crippen molar-refractivity contribution in [2.45, 2.75) is 13.0 Å². The Labute approximate surface area is 130 Å². The maximum Gasteiger partial charge on any atom is 0.255 e. The second kappa shape index (κ2) is 8.53. The summed E-state index contributed by atoms with van der Waals surface area (Å²) < 4.78 is 0. The highest BCUT2D eigenvalue weighted by molar-refractivity contribution is 6.04. The summed E-state index contributed by atoms with van der Waals surface area (Å²) in [5, 5.41) is 2.82. The van der Waals surface area contributed by atoms with Gasteiger partial charge in [-0.15, -0.1) is 24.8 Å². The van der Waals surface area contributed by atoms with E-state index in [1.54, 1.807) is 30.5 Å². The van der Waals surface area contributed by atoms with E-state index in [0.29, 0.717) is 11.3 Å². The zero-order valence-electron chi connectivity index (χ0n) is 10.9. The van der Waals surface area contributed by atoms with Gasteiger partial charge in [0, 0.05) is 23.5 Å². The van der Waals surface area contributed by atoms with Gasteiger partial charge in [-0.25, -0.2) is 0 Å². The zero-order valence-corrected chi connectivity index (χ0v) is 12.6. The molecule has 0 spiro atoms. The molecule has 20 heavy (non-hydrogen) atoms. The maximum absolute atomic E-state index is 11.9. The molecule has 6 heteroatoms. The number of hydrogen-bond acceptors (Lipinski definition) is 3. The molecule has 0 aliphatic carbocycles. The highest BCUT2D eigenvalue weighted by Gasteiger charge is 2.07. The fourth-order valence-electron chi connectivity index (χ4n) is 1.57. The monoisotopic (exact) mass is 313 g/mol. The van der Waals surface area contributed by atoms with Crippen LogP contribution >= 0.6 is 24.8 Å². The summed E-state index contributed by atoms with van der Waals surface area (Å²) in [6, 6.07) is 12.4. The minimum Gasteiger partial charge on any atom is -0.323 e. The van der Waals surface area contributed by atoms with Crippen LogP contribution in [0, 0.1) is 0 Å². The number of pyridine rings is 1. The highest BCUT2D eigenvalue weighted by atomic mass is 35.5. The van der Waals surface area contributed by atoms with Gasteiger partial charge in [0.1, 0.15) is 0 Å². The van der Waals surface area contributed by atoms with E-state index in [4.69, 9.17) is 5.73 Å². The van der Waals surface area contributed by atoms with Gasteiger partial charge < -0.3 is 11.1 Å². The Morgan fingerprint density at radius 3 is 2.45 bits per heavy atom. The molecule has 1 aromatic carbocycles. The third-order valence-corrected chi connectivity index (χ3v) is 2.54. The average Bonchev–Trinajstić information content (AvgIpc) is 2.40. The van der Waals surface area contributed by atoms with Crippen molar-refractivity contribution in [1.82, 2.24) is 4.98 Å². The quantitative estimate of drug-likeness (QED) is 0.914. The molecule has 0 aliphatic heterocycles. The molecule has 0 aliphatic rings. The zero-order chi connectivity index (χ0) is 13.0. The Kier molecular flexibility index (Phi) is 7.84. The van der Waals surface area contributed by atoms with Crippen molar-refractivity contribution in [2.24, 2.45) is 5.73 Å². The van der Waals surface area contributed by atoms with Crippen LogP contribution in [0.2, 0.25) is 0 Å². The number of carbonyl (C=O) groups excluding carboxylic acids is 1. The lowest BCUT2D eigenvalue weighted by Crippen LogP contribution is -2.13. The summed E-state index contributed by atoms with van der Waals surface area (Å²) in [6.45, 7) is 1.85. The SMILES string of the molecule is C[C@@H](N)c1cc(NC(=O)c2ccccc2)ccn1.Cl.Cl. The summed E-state index contributed by atoms with van der Waals surface area (Å²) in [6.07, 6.45) is 1.64. The number of aromatic nitrogens is 1. The second-order valence-electron chi connectivity index (χ2n) is 4.08. The smallest absolute Gasteiger partial charge is 0.255 e. The van der Waals surface area contributed by atoms with Crippen molar-refractivity contribution in [2.75, 3.05) is 5.32 Å². The predicted molar refractivity (Wildman–Crippen MR) is 85.7 cm³/mol. The summed E-state index contributed by atoms with van der Waals surface area (Å²) in [4.78, 5) is 16.1. The Morgan fingerprint density at radius 2 is 1.85 bits per heavy atom. The summed E-state index contributed by atoms with van der Waals surface area (Å²) >= 11 is 0. The van der Waals surface area contributed by atoms with Crippen LogP contribution in [-0.4, -0.2) is 10.9 Å². The topological polar surface area (TPSA) is 68.0 Å². The Hall–Kier alpha value is -1.62. The number of hydrogen-bond donors (Lipinski definition) is 2. The second-order valence-corrected chi connectivity index (χ2v) is 4.08. The third-order valence-electron chi connectivity index (χ3n) is 2.54.